The first-order valence-electron chi connectivity index (χ1n) is 6.90. The molecule has 0 saturated carbocycles. The molecule has 0 saturated heterocycles. The fraction of sp³-hybridized carbons (Fsp3) is 0.562. The van der Waals surface area contributed by atoms with Crippen molar-refractivity contribution in [3.05, 3.63) is 35.9 Å². The van der Waals surface area contributed by atoms with Gasteiger partial charge in [-0.2, -0.15) is 0 Å². The number of nitrogens with zero attached hydrogens (tertiary/aromatic N) is 1. The Kier molecular flexibility index (Phi) is 6.03. The van der Waals surface area contributed by atoms with E-state index in [2.05, 4.69) is 49.9 Å². The van der Waals surface area contributed by atoms with Crippen LogP contribution in [0.5, 0.6) is 0 Å². The van der Waals surface area contributed by atoms with Crippen LogP contribution in [0.15, 0.2) is 30.3 Å². The van der Waals surface area contributed by atoms with Crippen LogP contribution in [0.1, 0.15) is 45.6 Å². The van der Waals surface area contributed by atoms with Crippen molar-refractivity contribution >= 4 is 5.97 Å². The molecule has 0 spiro atoms. The van der Waals surface area contributed by atoms with Crippen LogP contribution in [0.3, 0.4) is 0 Å². The Morgan fingerprint density at radius 3 is 2.32 bits per heavy atom. The summed E-state index contributed by atoms with van der Waals surface area (Å²) in [5, 5.41) is 8.66. The quantitative estimate of drug-likeness (QED) is 0.765. The summed E-state index contributed by atoms with van der Waals surface area (Å²) in [6.45, 7) is 8.45. The molecule has 19 heavy (non-hydrogen) atoms. The van der Waals surface area contributed by atoms with Gasteiger partial charge in [-0.1, -0.05) is 30.3 Å². The molecule has 0 unspecified atom stereocenters. The molecule has 0 amide bonds. The maximum atomic E-state index is 10.5. The molecule has 0 aromatic heterocycles. The normalized spacial score (nSPS) is 11.8. The molecule has 1 aromatic rings. The van der Waals surface area contributed by atoms with Crippen LogP contribution in [-0.2, 0) is 11.3 Å². The van der Waals surface area contributed by atoms with Gasteiger partial charge in [0.1, 0.15) is 0 Å². The molecule has 0 bridgehead atoms. The lowest BCUT2D eigenvalue weighted by molar-refractivity contribution is -0.137. The van der Waals surface area contributed by atoms with Crippen LogP contribution in [-0.4, -0.2) is 28.1 Å². The van der Waals surface area contributed by atoms with Gasteiger partial charge in [0.2, 0.25) is 0 Å². The van der Waals surface area contributed by atoms with Gasteiger partial charge in [-0.25, -0.2) is 0 Å². The SMILES string of the molecule is CC(C)(C)N(CCCCC(=O)O)Cc1ccccc1. The van der Waals surface area contributed by atoms with Crippen molar-refractivity contribution in [1.82, 2.24) is 4.90 Å². The van der Waals surface area contributed by atoms with E-state index in [4.69, 9.17) is 5.11 Å². The molecule has 3 nitrogen and oxygen atoms in total. The summed E-state index contributed by atoms with van der Waals surface area (Å²) in [6, 6.07) is 10.4. The van der Waals surface area contributed by atoms with Crippen molar-refractivity contribution < 1.29 is 9.90 Å². The smallest absolute Gasteiger partial charge is 0.303 e. The highest BCUT2D eigenvalue weighted by Gasteiger charge is 2.20. The third-order valence-corrected chi connectivity index (χ3v) is 3.23. The van der Waals surface area contributed by atoms with E-state index < -0.39 is 5.97 Å². The fourth-order valence-electron chi connectivity index (χ4n) is 2.03. The molecule has 0 aliphatic rings. The fourth-order valence-corrected chi connectivity index (χ4v) is 2.03. The number of hydrogen-bond donors (Lipinski definition) is 1. The van der Waals surface area contributed by atoms with Gasteiger partial charge in [0.05, 0.1) is 0 Å². The molecule has 1 aromatic carbocycles. The van der Waals surface area contributed by atoms with E-state index >= 15 is 0 Å². The monoisotopic (exact) mass is 263 g/mol. The third kappa shape index (κ3) is 6.39. The Balaban J connectivity index is 2.51. The topological polar surface area (TPSA) is 40.5 Å². The van der Waals surface area contributed by atoms with E-state index in [0.29, 0.717) is 0 Å². The minimum Gasteiger partial charge on any atom is -0.481 e. The van der Waals surface area contributed by atoms with E-state index in [1.165, 1.54) is 5.56 Å². The Morgan fingerprint density at radius 1 is 1.16 bits per heavy atom. The van der Waals surface area contributed by atoms with Gasteiger partial charge in [-0.3, -0.25) is 9.69 Å². The largest absolute Gasteiger partial charge is 0.481 e. The van der Waals surface area contributed by atoms with Gasteiger partial charge in [0.15, 0.2) is 0 Å². The minimum atomic E-state index is -0.703. The Bertz CT molecular complexity index is 381. The highest BCUT2D eigenvalue weighted by atomic mass is 16.4. The maximum absolute atomic E-state index is 10.5. The number of benzene rings is 1. The third-order valence-electron chi connectivity index (χ3n) is 3.23. The molecular weight excluding hydrogens is 238 g/mol. The van der Waals surface area contributed by atoms with E-state index in [-0.39, 0.29) is 12.0 Å². The van der Waals surface area contributed by atoms with Crippen LogP contribution < -0.4 is 0 Å². The van der Waals surface area contributed by atoms with Gasteiger partial charge in [0, 0.05) is 18.5 Å². The van der Waals surface area contributed by atoms with Gasteiger partial charge in [0.25, 0.3) is 0 Å². The summed E-state index contributed by atoms with van der Waals surface area (Å²) in [5.74, 6) is -0.703. The summed E-state index contributed by atoms with van der Waals surface area (Å²) in [7, 11) is 0. The number of rotatable bonds is 7. The number of hydrogen-bond acceptors (Lipinski definition) is 2. The lowest BCUT2D eigenvalue weighted by Gasteiger charge is -2.35. The van der Waals surface area contributed by atoms with E-state index in [9.17, 15) is 4.79 Å². The first kappa shape index (κ1) is 15.7. The van der Waals surface area contributed by atoms with Gasteiger partial charge >= 0.3 is 5.97 Å². The van der Waals surface area contributed by atoms with Crippen molar-refractivity contribution in [2.75, 3.05) is 6.54 Å². The second kappa shape index (κ2) is 7.29. The molecule has 0 radical (unpaired) electrons. The highest BCUT2D eigenvalue weighted by Crippen LogP contribution is 2.18. The Morgan fingerprint density at radius 2 is 1.79 bits per heavy atom. The molecule has 3 heteroatoms. The van der Waals surface area contributed by atoms with Crippen molar-refractivity contribution in [2.24, 2.45) is 0 Å². The van der Waals surface area contributed by atoms with Crippen molar-refractivity contribution in [1.29, 1.82) is 0 Å². The molecule has 0 fully saturated rings. The molecule has 0 aliphatic heterocycles. The maximum Gasteiger partial charge on any atom is 0.303 e. The number of carbonyl (C=O) groups is 1. The summed E-state index contributed by atoms with van der Waals surface area (Å²) < 4.78 is 0. The van der Waals surface area contributed by atoms with Crippen LogP contribution in [0.4, 0.5) is 0 Å². The molecule has 1 N–H and O–H groups in total. The Labute approximate surface area is 116 Å². The first-order valence-corrected chi connectivity index (χ1v) is 6.90. The first-order chi connectivity index (χ1) is 8.89. The molecule has 1 rings (SSSR count). The summed E-state index contributed by atoms with van der Waals surface area (Å²) in [4.78, 5) is 12.9. The molecule has 106 valence electrons. The van der Waals surface area contributed by atoms with Gasteiger partial charge in [-0.05, 0) is 45.7 Å². The van der Waals surface area contributed by atoms with Gasteiger partial charge in [-0.15, -0.1) is 0 Å². The van der Waals surface area contributed by atoms with Crippen LogP contribution >= 0.6 is 0 Å². The number of carboxylic acid groups (broad SMARTS) is 1. The second-order valence-electron chi connectivity index (χ2n) is 5.93. The molecule has 0 atom stereocenters. The minimum absolute atomic E-state index is 0.0963. The summed E-state index contributed by atoms with van der Waals surface area (Å²) in [6.07, 6.45) is 1.94. The van der Waals surface area contributed by atoms with Crippen molar-refractivity contribution in [2.45, 2.75) is 52.1 Å². The molecule has 0 aliphatic carbocycles. The second-order valence-corrected chi connectivity index (χ2v) is 5.93. The van der Waals surface area contributed by atoms with Crippen molar-refractivity contribution in [3.8, 4) is 0 Å². The van der Waals surface area contributed by atoms with Gasteiger partial charge < -0.3 is 5.11 Å². The zero-order chi connectivity index (χ0) is 14.3. The number of unbranched alkanes of at least 4 members (excludes halogenated alkanes) is 1. The standard InChI is InChI=1S/C16H25NO2/c1-16(2,3)17(12-8-7-11-15(18)19)13-14-9-5-4-6-10-14/h4-6,9-10H,7-8,11-13H2,1-3H3,(H,18,19). The Hall–Kier alpha value is -1.35. The van der Waals surface area contributed by atoms with E-state index in [1.54, 1.807) is 0 Å². The predicted octanol–water partition coefficient (Wildman–Crippen LogP) is 3.54. The highest BCUT2D eigenvalue weighted by molar-refractivity contribution is 5.66. The van der Waals surface area contributed by atoms with Crippen LogP contribution in [0.2, 0.25) is 0 Å². The van der Waals surface area contributed by atoms with E-state index in [1.807, 2.05) is 6.07 Å². The average Bonchev–Trinajstić information content (AvgIpc) is 2.32. The summed E-state index contributed by atoms with van der Waals surface area (Å²) >= 11 is 0. The molecular formula is C16H25NO2. The average molecular weight is 263 g/mol. The predicted molar refractivity (Wildman–Crippen MR) is 78.1 cm³/mol. The van der Waals surface area contributed by atoms with Crippen LogP contribution in [0.25, 0.3) is 0 Å². The lowest BCUT2D eigenvalue weighted by atomic mass is 10.0. The lowest BCUT2D eigenvalue weighted by Crippen LogP contribution is -2.41. The zero-order valence-corrected chi connectivity index (χ0v) is 12.2. The number of carboxylic acids is 1. The van der Waals surface area contributed by atoms with Crippen molar-refractivity contribution in [3.63, 3.8) is 0 Å². The zero-order valence-electron chi connectivity index (χ0n) is 12.2. The van der Waals surface area contributed by atoms with Crippen LogP contribution in [0, 0.1) is 0 Å². The van der Waals surface area contributed by atoms with E-state index in [0.717, 1.165) is 25.9 Å². The molecule has 0 heterocycles. The summed E-state index contributed by atoms with van der Waals surface area (Å²) in [5.41, 5.74) is 1.40. The number of aliphatic carboxylic acids is 1.